The Balaban J connectivity index is 2.65. The number of nitrogens with one attached hydrogen (secondary N) is 1. The molecule has 0 unspecified atom stereocenters. The number of nitrogens with zero attached hydrogens (tertiary/aromatic N) is 1. The number of ether oxygens (including phenoxy) is 1. The molecule has 0 fully saturated rings. The average molecular weight is 229 g/mol. The van der Waals surface area contributed by atoms with Gasteiger partial charge in [0.05, 0.1) is 17.2 Å². The fraction of sp³-hybridized carbons (Fsp3) is 0.400. The molecule has 1 N–H and O–H groups in total. The Hall–Kier alpha value is -1.13. The summed E-state index contributed by atoms with van der Waals surface area (Å²) < 4.78 is 4.81. The molecule has 0 saturated carbocycles. The van der Waals surface area contributed by atoms with Gasteiger partial charge in [-0.15, -0.1) is 0 Å². The summed E-state index contributed by atoms with van der Waals surface area (Å²) in [4.78, 5) is 15.6. The maximum atomic E-state index is 11.6. The van der Waals surface area contributed by atoms with Crippen LogP contribution in [0.2, 0.25) is 5.02 Å². The molecule has 1 aromatic heterocycles. The Morgan fingerprint density at radius 2 is 2.40 bits per heavy atom. The Bertz CT molecular complexity index is 355. The lowest BCUT2D eigenvalue weighted by atomic mass is 10.2. The predicted octanol–water partition coefficient (Wildman–Crippen LogP) is 1.42. The van der Waals surface area contributed by atoms with Crippen molar-refractivity contribution in [3.63, 3.8) is 0 Å². The number of aryl methyl sites for hydroxylation is 1. The highest BCUT2D eigenvalue weighted by atomic mass is 35.5. The van der Waals surface area contributed by atoms with Crippen molar-refractivity contribution in [2.24, 2.45) is 0 Å². The molecule has 1 rings (SSSR count). The van der Waals surface area contributed by atoms with E-state index < -0.39 is 0 Å². The molecular weight excluding hydrogens is 216 g/mol. The van der Waals surface area contributed by atoms with Gasteiger partial charge in [0.1, 0.15) is 0 Å². The molecule has 5 heteroatoms. The van der Waals surface area contributed by atoms with Gasteiger partial charge in [0.2, 0.25) is 0 Å². The van der Waals surface area contributed by atoms with Crippen LogP contribution in [0.15, 0.2) is 12.3 Å². The number of halogens is 1. The second kappa shape index (κ2) is 5.68. The second-order valence-electron chi connectivity index (χ2n) is 3.05. The SMILES string of the molecule is COCCNC(=O)c1cnc(C)cc1Cl. The van der Waals surface area contributed by atoms with E-state index >= 15 is 0 Å². The van der Waals surface area contributed by atoms with Crippen LogP contribution in [0.25, 0.3) is 0 Å². The number of rotatable bonds is 4. The third-order valence-corrected chi connectivity index (χ3v) is 2.14. The number of hydrogen-bond acceptors (Lipinski definition) is 3. The Morgan fingerprint density at radius 3 is 3.00 bits per heavy atom. The van der Waals surface area contributed by atoms with Crippen LogP contribution in [0, 0.1) is 6.92 Å². The van der Waals surface area contributed by atoms with Crippen LogP contribution in [-0.4, -0.2) is 31.2 Å². The van der Waals surface area contributed by atoms with Crippen molar-refractivity contribution in [1.29, 1.82) is 0 Å². The number of carbonyl (C=O) groups is 1. The van der Waals surface area contributed by atoms with Gasteiger partial charge in [0, 0.05) is 25.5 Å². The first-order chi connectivity index (χ1) is 7.15. The zero-order valence-corrected chi connectivity index (χ0v) is 9.47. The molecule has 0 radical (unpaired) electrons. The first-order valence-corrected chi connectivity index (χ1v) is 4.92. The van der Waals surface area contributed by atoms with Crippen LogP contribution >= 0.6 is 11.6 Å². The Kier molecular flexibility index (Phi) is 4.52. The van der Waals surface area contributed by atoms with E-state index in [4.69, 9.17) is 16.3 Å². The van der Waals surface area contributed by atoms with E-state index in [0.29, 0.717) is 23.7 Å². The van der Waals surface area contributed by atoms with Crippen molar-refractivity contribution >= 4 is 17.5 Å². The van der Waals surface area contributed by atoms with Crippen LogP contribution in [0.5, 0.6) is 0 Å². The quantitative estimate of drug-likeness (QED) is 0.793. The van der Waals surface area contributed by atoms with Crippen molar-refractivity contribution in [2.45, 2.75) is 6.92 Å². The van der Waals surface area contributed by atoms with E-state index in [0.717, 1.165) is 5.69 Å². The van der Waals surface area contributed by atoms with Gasteiger partial charge in [0.25, 0.3) is 5.91 Å². The molecule has 1 heterocycles. The molecule has 4 nitrogen and oxygen atoms in total. The van der Waals surface area contributed by atoms with Gasteiger partial charge in [-0.25, -0.2) is 0 Å². The molecule has 0 aliphatic rings. The summed E-state index contributed by atoms with van der Waals surface area (Å²) in [6.07, 6.45) is 1.47. The number of aromatic nitrogens is 1. The summed E-state index contributed by atoms with van der Waals surface area (Å²) in [7, 11) is 1.58. The van der Waals surface area contributed by atoms with E-state index in [-0.39, 0.29) is 5.91 Å². The first-order valence-electron chi connectivity index (χ1n) is 4.54. The summed E-state index contributed by atoms with van der Waals surface area (Å²) in [6, 6.07) is 1.66. The number of carbonyl (C=O) groups excluding carboxylic acids is 1. The fourth-order valence-corrected chi connectivity index (χ4v) is 1.35. The Morgan fingerprint density at radius 1 is 1.67 bits per heavy atom. The average Bonchev–Trinajstić information content (AvgIpc) is 2.17. The molecule has 0 atom stereocenters. The highest BCUT2D eigenvalue weighted by molar-refractivity contribution is 6.33. The van der Waals surface area contributed by atoms with Gasteiger partial charge in [-0.1, -0.05) is 11.6 Å². The van der Waals surface area contributed by atoms with Gasteiger partial charge in [-0.3, -0.25) is 9.78 Å². The zero-order valence-electron chi connectivity index (χ0n) is 8.71. The number of pyridine rings is 1. The van der Waals surface area contributed by atoms with Gasteiger partial charge in [0.15, 0.2) is 0 Å². The molecule has 0 spiro atoms. The minimum absolute atomic E-state index is 0.232. The molecule has 0 bridgehead atoms. The summed E-state index contributed by atoms with van der Waals surface area (Å²) in [5, 5.41) is 3.09. The molecular formula is C10H13ClN2O2. The maximum Gasteiger partial charge on any atom is 0.254 e. The van der Waals surface area contributed by atoms with E-state index in [1.54, 1.807) is 13.2 Å². The second-order valence-corrected chi connectivity index (χ2v) is 3.46. The maximum absolute atomic E-state index is 11.6. The Labute approximate surface area is 93.6 Å². The number of methoxy groups -OCH3 is 1. The summed E-state index contributed by atoms with van der Waals surface area (Å²) in [5.74, 6) is -0.232. The summed E-state index contributed by atoms with van der Waals surface area (Å²) in [5.41, 5.74) is 1.17. The highest BCUT2D eigenvalue weighted by Crippen LogP contribution is 2.15. The fourth-order valence-electron chi connectivity index (χ4n) is 1.06. The monoisotopic (exact) mass is 228 g/mol. The van der Waals surface area contributed by atoms with Crippen molar-refractivity contribution in [2.75, 3.05) is 20.3 Å². The standard InChI is InChI=1S/C10H13ClN2O2/c1-7-5-9(11)8(6-13-7)10(14)12-3-4-15-2/h5-6H,3-4H2,1-2H3,(H,12,14). The van der Waals surface area contributed by atoms with Gasteiger partial charge in [-0.2, -0.15) is 0 Å². The topological polar surface area (TPSA) is 51.2 Å². The molecule has 1 aromatic rings. The van der Waals surface area contributed by atoms with Gasteiger partial charge < -0.3 is 10.1 Å². The van der Waals surface area contributed by atoms with E-state index in [1.165, 1.54) is 6.20 Å². The largest absolute Gasteiger partial charge is 0.383 e. The van der Waals surface area contributed by atoms with Crippen LogP contribution in [0.1, 0.15) is 16.1 Å². The lowest BCUT2D eigenvalue weighted by Crippen LogP contribution is -2.27. The lowest BCUT2D eigenvalue weighted by molar-refractivity contribution is 0.0937. The molecule has 0 saturated heterocycles. The summed E-state index contributed by atoms with van der Waals surface area (Å²) in [6.45, 7) is 2.75. The van der Waals surface area contributed by atoms with E-state index in [2.05, 4.69) is 10.3 Å². The minimum atomic E-state index is -0.232. The molecule has 0 aliphatic heterocycles. The smallest absolute Gasteiger partial charge is 0.254 e. The van der Waals surface area contributed by atoms with E-state index in [1.807, 2.05) is 6.92 Å². The third kappa shape index (κ3) is 3.49. The zero-order chi connectivity index (χ0) is 11.3. The van der Waals surface area contributed by atoms with Gasteiger partial charge in [-0.05, 0) is 13.0 Å². The van der Waals surface area contributed by atoms with Crippen molar-refractivity contribution < 1.29 is 9.53 Å². The first kappa shape index (κ1) is 11.9. The minimum Gasteiger partial charge on any atom is -0.383 e. The van der Waals surface area contributed by atoms with Crippen LogP contribution in [0.4, 0.5) is 0 Å². The predicted molar refractivity (Wildman–Crippen MR) is 58.2 cm³/mol. The van der Waals surface area contributed by atoms with Crippen molar-refractivity contribution in [3.8, 4) is 0 Å². The van der Waals surface area contributed by atoms with Crippen LogP contribution in [0.3, 0.4) is 0 Å². The molecule has 15 heavy (non-hydrogen) atoms. The molecule has 1 amide bonds. The van der Waals surface area contributed by atoms with Crippen LogP contribution < -0.4 is 5.32 Å². The van der Waals surface area contributed by atoms with Crippen molar-refractivity contribution in [3.05, 3.63) is 28.5 Å². The molecule has 0 aromatic carbocycles. The van der Waals surface area contributed by atoms with Crippen LogP contribution in [-0.2, 0) is 4.74 Å². The van der Waals surface area contributed by atoms with E-state index in [9.17, 15) is 4.79 Å². The highest BCUT2D eigenvalue weighted by Gasteiger charge is 2.09. The number of amides is 1. The summed E-state index contributed by atoms with van der Waals surface area (Å²) >= 11 is 5.91. The molecule has 82 valence electrons. The normalized spacial score (nSPS) is 10.1. The van der Waals surface area contributed by atoms with Gasteiger partial charge >= 0.3 is 0 Å². The molecule has 0 aliphatic carbocycles. The third-order valence-electron chi connectivity index (χ3n) is 1.83. The van der Waals surface area contributed by atoms with Crippen molar-refractivity contribution in [1.82, 2.24) is 10.3 Å². The number of hydrogen-bond donors (Lipinski definition) is 1. The lowest BCUT2D eigenvalue weighted by Gasteiger charge is -2.05.